The Morgan fingerprint density at radius 1 is 0.812 bits per heavy atom. The lowest BCUT2D eigenvalue weighted by Crippen LogP contribution is -2.40. The van der Waals surface area contributed by atoms with Crippen LogP contribution < -0.4 is 0 Å². The highest BCUT2D eigenvalue weighted by atomic mass is 15.2. The van der Waals surface area contributed by atoms with Crippen LogP contribution in [0.3, 0.4) is 0 Å². The maximum Gasteiger partial charge on any atom is 0.0125 e. The summed E-state index contributed by atoms with van der Waals surface area (Å²) in [6, 6.07) is 0. The van der Waals surface area contributed by atoms with Crippen LogP contribution in [0.25, 0.3) is 0 Å². The Morgan fingerprint density at radius 3 is 1.56 bits per heavy atom. The molecule has 1 heterocycles. The first kappa shape index (κ1) is 12.4. The molecular weight excluding hydrogens is 194 g/mol. The second-order valence-electron chi connectivity index (χ2n) is 8.13. The van der Waals surface area contributed by atoms with Gasteiger partial charge in [-0.05, 0) is 56.8 Å². The minimum absolute atomic E-state index is 0.377. The van der Waals surface area contributed by atoms with E-state index in [9.17, 15) is 0 Å². The zero-order valence-corrected chi connectivity index (χ0v) is 12.0. The lowest BCUT2D eigenvalue weighted by Gasteiger charge is -2.34. The summed E-state index contributed by atoms with van der Waals surface area (Å²) in [4.78, 5) is 2.70. The Bertz CT molecular complexity index is 216. The number of hydrogen-bond acceptors (Lipinski definition) is 1. The number of hydrogen-bond donors (Lipinski definition) is 0. The molecule has 2 aliphatic rings. The third-order valence-electron chi connectivity index (χ3n) is 4.92. The van der Waals surface area contributed by atoms with E-state index < -0.39 is 0 Å². The van der Waals surface area contributed by atoms with Gasteiger partial charge in [0.15, 0.2) is 0 Å². The van der Waals surface area contributed by atoms with Crippen LogP contribution in [0.15, 0.2) is 0 Å². The van der Waals surface area contributed by atoms with E-state index >= 15 is 0 Å². The SMILES string of the molecule is CC(C)(C)C1CC2CN(C(C)(C)C)CC2C1. The van der Waals surface area contributed by atoms with E-state index in [1.165, 1.54) is 25.9 Å². The Balaban J connectivity index is 1.96. The molecule has 2 atom stereocenters. The molecule has 0 aromatic heterocycles. The Kier molecular flexibility index (Phi) is 2.89. The lowest BCUT2D eigenvalue weighted by atomic mass is 9.79. The Hall–Kier alpha value is -0.0400. The van der Waals surface area contributed by atoms with Gasteiger partial charge in [-0.15, -0.1) is 0 Å². The highest BCUT2D eigenvalue weighted by molar-refractivity contribution is 4.98. The fourth-order valence-corrected chi connectivity index (χ4v) is 3.55. The van der Waals surface area contributed by atoms with Gasteiger partial charge in [-0.3, -0.25) is 4.90 Å². The Morgan fingerprint density at radius 2 is 1.25 bits per heavy atom. The first-order chi connectivity index (χ1) is 7.18. The summed E-state index contributed by atoms with van der Waals surface area (Å²) in [6.45, 7) is 17.0. The summed E-state index contributed by atoms with van der Waals surface area (Å²) < 4.78 is 0. The molecule has 1 aliphatic carbocycles. The van der Waals surface area contributed by atoms with Crippen molar-refractivity contribution >= 4 is 0 Å². The van der Waals surface area contributed by atoms with E-state index in [1.54, 1.807) is 0 Å². The largest absolute Gasteiger partial charge is 0.298 e. The first-order valence-electron chi connectivity index (χ1n) is 6.93. The minimum Gasteiger partial charge on any atom is -0.298 e. The molecule has 0 N–H and O–H groups in total. The summed E-state index contributed by atoms with van der Waals surface area (Å²) >= 11 is 0. The molecule has 2 fully saturated rings. The van der Waals surface area contributed by atoms with Gasteiger partial charge in [-0.1, -0.05) is 20.8 Å². The molecule has 1 saturated heterocycles. The van der Waals surface area contributed by atoms with Crippen LogP contribution >= 0.6 is 0 Å². The zero-order valence-electron chi connectivity index (χ0n) is 12.0. The van der Waals surface area contributed by atoms with Crippen LogP contribution in [0, 0.1) is 23.2 Å². The number of nitrogens with zero attached hydrogens (tertiary/aromatic N) is 1. The van der Waals surface area contributed by atoms with Crippen LogP contribution in [0.5, 0.6) is 0 Å². The maximum atomic E-state index is 2.70. The number of likely N-dealkylation sites (tertiary alicyclic amines) is 1. The van der Waals surface area contributed by atoms with Gasteiger partial charge >= 0.3 is 0 Å². The molecule has 2 rings (SSSR count). The van der Waals surface area contributed by atoms with Crippen molar-refractivity contribution in [3.8, 4) is 0 Å². The van der Waals surface area contributed by atoms with Crippen LogP contribution in [0.1, 0.15) is 54.4 Å². The minimum atomic E-state index is 0.377. The van der Waals surface area contributed by atoms with Crippen molar-refractivity contribution in [2.45, 2.75) is 59.9 Å². The zero-order chi connectivity index (χ0) is 12.1. The molecule has 1 saturated carbocycles. The van der Waals surface area contributed by atoms with Crippen molar-refractivity contribution in [2.75, 3.05) is 13.1 Å². The van der Waals surface area contributed by atoms with Crippen molar-refractivity contribution < 1.29 is 0 Å². The van der Waals surface area contributed by atoms with Crippen LogP contribution in [0.2, 0.25) is 0 Å². The average molecular weight is 223 g/mol. The van der Waals surface area contributed by atoms with Crippen molar-refractivity contribution in [3.05, 3.63) is 0 Å². The second-order valence-corrected chi connectivity index (χ2v) is 8.13. The topological polar surface area (TPSA) is 3.24 Å². The fourth-order valence-electron chi connectivity index (χ4n) is 3.55. The molecule has 1 heteroatoms. The van der Waals surface area contributed by atoms with Crippen molar-refractivity contribution in [1.82, 2.24) is 4.90 Å². The highest BCUT2D eigenvalue weighted by Gasteiger charge is 2.46. The molecule has 0 bridgehead atoms. The van der Waals surface area contributed by atoms with Gasteiger partial charge in [0, 0.05) is 18.6 Å². The van der Waals surface area contributed by atoms with E-state index in [4.69, 9.17) is 0 Å². The molecule has 0 aromatic rings. The summed E-state index contributed by atoms with van der Waals surface area (Å²) in [5, 5.41) is 0. The second kappa shape index (κ2) is 3.73. The van der Waals surface area contributed by atoms with Gasteiger partial charge in [-0.2, -0.15) is 0 Å². The van der Waals surface area contributed by atoms with Crippen LogP contribution in [0.4, 0.5) is 0 Å². The molecule has 0 aromatic carbocycles. The molecule has 94 valence electrons. The standard InChI is InChI=1S/C15H29N/c1-14(2,3)13-7-11-9-16(15(4,5)6)10-12(11)8-13/h11-13H,7-10H2,1-6H3. The lowest BCUT2D eigenvalue weighted by molar-refractivity contribution is 0.144. The summed E-state index contributed by atoms with van der Waals surface area (Å²) in [5.74, 6) is 2.94. The molecule has 1 nitrogen and oxygen atoms in total. The van der Waals surface area contributed by atoms with Gasteiger partial charge in [-0.25, -0.2) is 0 Å². The Labute approximate surface area is 102 Å². The molecule has 2 unspecified atom stereocenters. The third kappa shape index (κ3) is 2.30. The smallest absolute Gasteiger partial charge is 0.0125 e. The third-order valence-corrected chi connectivity index (χ3v) is 4.92. The van der Waals surface area contributed by atoms with Crippen molar-refractivity contribution in [1.29, 1.82) is 0 Å². The van der Waals surface area contributed by atoms with Crippen LogP contribution in [-0.4, -0.2) is 23.5 Å². The molecule has 1 aliphatic heterocycles. The van der Waals surface area contributed by atoms with Gasteiger partial charge in [0.25, 0.3) is 0 Å². The average Bonchev–Trinajstić information content (AvgIpc) is 2.53. The van der Waals surface area contributed by atoms with Gasteiger partial charge < -0.3 is 0 Å². The summed E-state index contributed by atoms with van der Waals surface area (Å²) in [5.41, 5.74) is 0.901. The summed E-state index contributed by atoms with van der Waals surface area (Å²) in [7, 11) is 0. The molecule has 0 spiro atoms. The first-order valence-corrected chi connectivity index (χ1v) is 6.93. The predicted molar refractivity (Wildman–Crippen MR) is 70.5 cm³/mol. The van der Waals surface area contributed by atoms with Crippen molar-refractivity contribution in [3.63, 3.8) is 0 Å². The summed E-state index contributed by atoms with van der Waals surface area (Å²) in [6.07, 6.45) is 2.95. The van der Waals surface area contributed by atoms with E-state index in [-0.39, 0.29) is 0 Å². The van der Waals surface area contributed by atoms with E-state index in [0.29, 0.717) is 11.0 Å². The maximum absolute atomic E-state index is 2.70. The van der Waals surface area contributed by atoms with E-state index in [1.807, 2.05) is 0 Å². The quantitative estimate of drug-likeness (QED) is 0.604. The van der Waals surface area contributed by atoms with E-state index in [0.717, 1.165) is 17.8 Å². The molecule has 16 heavy (non-hydrogen) atoms. The predicted octanol–water partition coefficient (Wildman–Crippen LogP) is 3.79. The number of rotatable bonds is 0. The molecule has 0 amide bonds. The van der Waals surface area contributed by atoms with Crippen LogP contribution in [-0.2, 0) is 0 Å². The molecule has 0 radical (unpaired) electrons. The van der Waals surface area contributed by atoms with Gasteiger partial charge in [0.05, 0.1) is 0 Å². The van der Waals surface area contributed by atoms with Gasteiger partial charge in [0.1, 0.15) is 0 Å². The number of fused-ring (bicyclic) bond motifs is 1. The fraction of sp³-hybridized carbons (Fsp3) is 1.00. The molecular formula is C15H29N. The normalized spacial score (nSPS) is 36.8. The highest BCUT2D eigenvalue weighted by Crippen LogP contribution is 2.49. The van der Waals surface area contributed by atoms with E-state index in [2.05, 4.69) is 46.4 Å². The monoisotopic (exact) mass is 223 g/mol. The van der Waals surface area contributed by atoms with Crippen molar-refractivity contribution in [2.24, 2.45) is 23.2 Å². The van der Waals surface area contributed by atoms with Gasteiger partial charge in [0.2, 0.25) is 0 Å².